The summed E-state index contributed by atoms with van der Waals surface area (Å²) in [4.78, 5) is 3.72. The van der Waals surface area contributed by atoms with Crippen LogP contribution in [-0.2, 0) is 0 Å². The molecule has 1 aromatic carbocycles. The van der Waals surface area contributed by atoms with Crippen LogP contribution in [0.1, 0.15) is 5.56 Å². The Bertz CT molecular complexity index is 527. The minimum absolute atomic E-state index is 0.115. The molecular formula is C12H11ClF2N2O. The van der Waals surface area contributed by atoms with Gasteiger partial charge < -0.3 is 10.5 Å². The minimum atomic E-state index is -0.818. The van der Waals surface area contributed by atoms with Crippen LogP contribution in [0.25, 0.3) is 0 Å². The van der Waals surface area contributed by atoms with E-state index < -0.39 is 11.6 Å². The van der Waals surface area contributed by atoms with E-state index in [1.165, 1.54) is 13.2 Å². The van der Waals surface area contributed by atoms with Crippen molar-refractivity contribution >= 4 is 17.3 Å². The average molecular weight is 273 g/mol. The first-order chi connectivity index (χ1) is 8.49. The maximum absolute atomic E-state index is 13.6. The van der Waals surface area contributed by atoms with Gasteiger partial charge >= 0.3 is 0 Å². The Labute approximate surface area is 108 Å². The number of nitrogens with zero attached hydrogens (tertiary/aromatic N) is 1. The van der Waals surface area contributed by atoms with Gasteiger partial charge in [0.05, 0.1) is 7.11 Å². The Morgan fingerprint density at radius 3 is 2.72 bits per heavy atom. The molecule has 0 unspecified atom stereocenters. The van der Waals surface area contributed by atoms with E-state index in [1.54, 1.807) is 0 Å². The molecule has 0 aliphatic rings. The van der Waals surface area contributed by atoms with Gasteiger partial charge in [-0.3, -0.25) is 0 Å². The van der Waals surface area contributed by atoms with Crippen molar-refractivity contribution in [3.63, 3.8) is 0 Å². The molecule has 0 radical (unpaired) electrons. The SMILES string of the molecule is C=C(Cl)N=C(/C(F)=C\N)c1ccc(F)cc1OC. The number of ether oxygens (including phenoxy) is 1. The molecule has 0 aliphatic carbocycles. The van der Waals surface area contributed by atoms with Gasteiger partial charge in [0.1, 0.15) is 22.4 Å². The fourth-order valence-electron chi connectivity index (χ4n) is 1.30. The second-order valence-electron chi connectivity index (χ2n) is 3.20. The van der Waals surface area contributed by atoms with Crippen LogP contribution in [0, 0.1) is 5.82 Å². The lowest BCUT2D eigenvalue weighted by Crippen LogP contribution is -2.06. The Balaban J connectivity index is 3.43. The van der Waals surface area contributed by atoms with Crippen LogP contribution in [0.2, 0.25) is 0 Å². The van der Waals surface area contributed by atoms with E-state index in [0.29, 0.717) is 0 Å². The van der Waals surface area contributed by atoms with E-state index in [1.807, 2.05) is 0 Å². The standard InChI is InChI=1S/C12H11ClF2N2O/c1-7(13)17-12(10(15)6-16)9-4-3-8(14)5-11(9)18-2/h3-6H,1,16H2,2H3/b10-6+,17-12?. The summed E-state index contributed by atoms with van der Waals surface area (Å²) >= 11 is 5.52. The molecule has 3 nitrogen and oxygen atoms in total. The molecule has 1 rings (SSSR count). The Kier molecular flexibility index (Phi) is 4.85. The Hall–Kier alpha value is -1.88. The molecule has 6 heteroatoms. The van der Waals surface area contributed by atoms with Crippen LogP contribution in [0.5, 0.6) is 5.75 Å². The van der Waals surface area contributed by atoms with Crippen LogP contribution >= 0.6 is 11.6 Å². The minimum Gasteiger partial charge on any atom is -0.496 e. The third kappa shape index (κ3) is 3.30. The highest BCUT2D eigenvalue weighted by Crippen LogP contribution is 2.24. The summed E-state index contributed by atoms with van der Waals surface area (Å²) in [5.41, 5.74) is 5.15. The predicted octanol–water partition coefficient (Wildman–Crippen LogP) is 3.10. The van der Waals surface area contributed by atoms with Crippen LogP contribution in [-0.4, -0.2) is 12.8 Å². The van der Waals surface area contributed by atoms with Gasteiger partial charge in [-0.25, -0.2) is 13.8 Å². The Morgan fingerprint density at radius 1 is 1.56 bits per heavy atom. The number of nitrogens with two attached hydrogens (primary N) is 1. The number of allylic oxidation sites excluding steroid dienone is 1. The lowest BCUT2D eigenvalue weighted by molar-refractivity contribution is 0.410. The predicted molar refractivity (Wildman–Crippen MR) is 67.9 cm³/mol. The molecule has 0 saturated carbocycles. The summed E-state index contributed by atoms with van der Waals surface area (Å²) in [7, 11) is 1.33. The van der Waals surface area contributed by atoms with E-state index >= 15 is 0 Å². The molecule has 0 bridgehead atoms. The molecule has 0 saturated heterocycles. The van der Waals surface area contributed by atoms with Gasteiger partial charge in [0.15, 0.2) is 5.83 Å². The smallest absolute Gasteiger partial charge is 0.164 e. The quantitative estimate of drug-likeness (QED) is 0.676. The van der Waals surface area contributed by atoms with E-state index in [9.17, 15) is 8.78 Å². The van der Waals surface area contributed by atoms with Gasteiger partial charge in [0.25, 0.3) is 0 Å². The van der Waals surface area contributed by atoms with Crippen molar-refractivity contribution in [1.82, 2.24) is 0 Å². The van der Waals surface area contributed by atoms with Gasteiger partial charge in [-0.1, -0.05) is 18.2 Å². The zero-order valence-electron chi connectivity index (χ0n) is 9.58. The lowest BCUT2D eigenvalue weighted by Gasteiger charge is -2.09. The highest BCUT2D eigenvalue weighted by molar-refractivity contribution is 6.30. The second kappa shape index (κ2) is 6.16. The average Bonchev–Trinajstić information content (AvgIpc) is 2.35. The van der Waals surface area contributed by atoms with Crippen molar-refractivity contribution in [3.05, 3.63) is 53.3 Å². The zero-order valence-corrected chi connectivity index (χ0v) is 10.3. The summed E-state index contributed by atoms with van der Waals surface area (Å²) in [5, 5.41) is -0.131. The first-order valence-electron chi connectivity index (χ1n) is 4.84. The van der Waals surface area contributed by atoms with Crippen LogP contribution < -0.4 is 10.5 Å². The fourth-order valence-corrected chi connectivity index (χ4v) is 1.39. The Morgan fingerprint density at radius 2 is 2.22 bits per heavy atom. The molecule has 96 valence electrons. The second-order valence-corrected chi connectivity index (χ2v) is 3.63. The lowest BCUT2D eigenvalue weighted by atomic mass is 10.1. The summed E-state index contributed by atoms with van der Waals surface area (Å²) in [6.07, 6.45) is 0.724. The number of hydrogen-bond donors (Lipinski definition) is 1. The number of aliphatic imine (C=N–C) groups is 1. The molecule has 1 aromatic rings. The summed E-state index contributed by atoms with van der Waals surface area (Å²) in [6, 6.07) is 3.57. The molecule has 0 heterocycles. The van der Waals surface area contributed by atoms with Crippen LogP contribution in [0.3, 0.4) is 0 Å². The maximum Gasteiger partial charge on any atom is 0.164 e. The van der Waals surface area contributed by atoms with Gasteiger partial charge in [-0.15, -0.1) is 0 Å². The van der Waals surface area contributed by atoms with E-state index in [0.717, 1.165) is 18.3 Å². The molecule has 0 fully saturated rings. The number of halogens is 3. The van der Waals surface area contributed by atoms with E-state index in [-0.39, 0.29) is 22.2 Å². The normalized spacial score (nSPS) is 12.4. The first-order valence-corrected chi connectivity index (χ1v) is 5.22. The molecular weight excluding hydrogens is 262 g/mol. The topological polar surface area (TPSA) is 47.6 Å². The highest BCUT2D eigenvalue weighted by Gasteiger charge is 2.15. The number of methoxy groups -OCH3 is 1. The zero-order chi connectivity index (χ0) is 13.7. The number of benzene rings is 1. The fraction of sp³-hybridized carbons (Fsp3) is 0.0833. The summed E-state index contributed by atoms with van der Waals surface area (Å²) < 4.78 is 31.6. The number of rotatable bonds is 4. The van der Waals surface area contributed by atoms with E-state index in [4.69, 9.17) is 22.1 Å². The molecule has 0 aliphatic heterocycles. The number of hydrogen-bond acceptors (Lipinski definition) is 3. The van der Waals surface area contributed by atoms with Crippen LogP contribution in [0.4, 0.5) is 8.78 Å². The molecule has 0 atom stereocenters. The third-order valence-corrected chi connectivity index (χ3v) is 2.11. The van der Waals surface area contributed by atoms with Crippen molar-refractivity contribution in [3.8, 4) is 5.75 Å². The van der Waals surface area contributed by atoms with Gasteiger partial charge in [0.2, 0.25) is 0 Å². The largest absolute Gasteiger partial charge is 0.496 e. The molecule has 2 N–H and O–H groups in total. The van der Waals surface area contributed by atoms with Crippen molar-refractivity contribution in [2.45, 2.75) is 0 Å². The summed E-state index contributed by atoms with van der Waals surface area (Å²) in [5.74, 6) is -1.22. The van der Waals surface area contributed by atoms with Crippen molar-refractivity contribution in [2.75, 3.05) is 7.11 Å². The molecule has 18 heavy (non-hydrogen) atoms. The van der Waals surface area contributed by atoms with Gasteiger partial charge in [-0.2, -0.15) is 0 Å². The van der Waals surface area contributed by atoms with Crippen molar-refractivity contribution in [1.29, 1.82) is 0 Å². The third-order valence-electron chi connectivity index (χ3n) is 2.02. The molecule has 0 aromatic heterocycles. The molecule has 0 amide bonds. The van der Waals surface area contributed by atoms with Gasteiger partial charge in [-0.05, 0) is 12.1 Å². The first kappa shape index (κ1) is 14.2. The van der Waals surface area contributed by atoms with Gasteiger partial charge in [0, 0.05) is 17.8 Å². The maximum atomic E-state index is 13.6. The van der Waals surface area contributed by atoms with E-state index in [2.05, 4.69) is 11.6 Å². The van der Waals surface area contributed by atoms with Crippen molar-refractivity contribution < 1.29 is 13.5 Å². The van der Waals surface area contributed by atoms with Crippen molar-refractivity contribution in [2.24, 2.45) is 10.7 Å². The van der Waals surface area contributed by atoms with Crippen LogP contribution in [0.15, 0.2) is 47.0 Å². The summed E-state index contributed by atoms with van der Waals surface area (Å²) in [6.45, 7) is 3.34. The monoisotopic (exact) mass is 272 g/mol. The molecule has 0 spiro atoms. The highest BCUT2D eigenvalue weighted by atomic mass is 35.5.